The first kappa shape index (κ1) is 28.8. The van der Waals surface area contributed by atoms with Gasteiger partial charge in [0.15, 0.2) is 11.5 Å². The third-order valence-corrected chi connectivity index (χ3v) is 6.78. The molecule has 0 heterocycles. The molecule has 0 bridgehead atoms. The molecule has 38 heavy (non-hydrogen) atoms. The number of aryl methyl sites for hydroxylation is 2. The summed E-state index contributed by atoms with van der Waals surface area (Å²) < 4.78 is 10.8. The molecule has 0 saturated heterocycles. The van der Waals surface area contributed by atoms with Gasteiger partial charge >= 0.3 is 0 Å². The van der Waals surface area contributed by atoms with Crippen molar-refractivity contribution in [1.29, 1.82) is 0 Å². The van der Waals surface area contributed by atoms with Crippen LogP contribution >= 0.6 is 0 Å². The fourth-order valence-corrected chi connectivity index (χ4v) is 4.43. The van der Waals surface area contributed by atoms with Crippen molar-refractivity contribution in [3.05, 3.63) is 95.1 Å². The van der Waals surface area contributed by atoms with E-state index in [1.54, 1.807) is 19.1 Å². The summed E-state index contributed by atoms with van der Waals surface area (Å²) >= 11 is 0. The average molecular weight is 517 g/mol. The quantitative estimate of drug-likeness (QED) is 0.326. The summed E-state index contributed by atoms with van der Waals surface area (Å²) in [6.45, 7) is 6.42. The number of ether oxygens (including phenoxy) is 2. The number of carbonyl (C=O) groups is 2. The molecule has 0 radical (unpaired) electrons. The third-order valence-electron chi connectivity index (χ3n) is 6.78. The predicted octanol–water partition coefficient (Wildman–Crippen LogP) is 5.50. The van der Waals surface area contributed by atoms with Crippen LogP contribution in [-0.2, 0) is 29.0 Å². The van der Waals surface area contributed by atoms with E-state index in [1.165, 1.54) is 0 Å². The molecule has 0 fully saturated rings. The van der Waals surface area contributed by atoms with Crippen LogP contribution in [0.25, 0.3) is 0 Å². The van der Waals surface area contributed by atoms with Crippen molar-refractivity contribution in [1.82, 2.24) is 10.2 Å². The predicted molar refractivity (Wildman–Crippen MR) is 151 cm³/mol. The summed E-state index contributed by atoms with van der Waals surface area (Å²) in [5.41, 5.74) is 4.09. The zero-order valence-corrected chi connectivity index (χ0v) is 23.2. The van der Waals surface area contributed by atoms with Crippen molar-refractivity contribution in [2.75, 3.05) is 14.2 Å². The Kier molecular flexibility index (Phi) is 10.8. The molecule has 0 aliphatic carbocycles. The van der Waals surface area contributed by atoms with Gasteiger partial charge in [0.05, 0.1) is 14.2 Å². The van der Waals surface area contributed by atoms with Crippen molar-refractivity contribution < 1.29 is 19.1 Å². The van der Waals surface area contributed by atoms with Crippen molar-refractivity contribution in [3.8, 4) is 11.5 Å². The van der Waals surface area contributed by atoms with Gasteiger partial charge in [-0.15, -0.1) is 0 Å². The number of hydrogen-bond donors (Lipinski definition) is 1. The van der Waals surface area contributed by atoms with E-state index >= 15 is 0 Å². The summed E-state index contributed by atoms with van der Waals surface area (Å²) in [5.74, 6) is 1.08. The largest absolute Gasteiger partial charge is 0.493 e. The Morgan fingerprint density at radius 3 is 2.24 bits per heavy atom. The Bertz CT molecular complexity index is 1200. The van der Waals surface area contributed by atoms with Crippen LogP contribution in [0.15, 0.2) is 72.8 Å². The van der Waals surface area contributed by atoms with Gasteiger partial charge in [-0.3, -0.25) is 9.59 Å². The van der Waals surface area contributed by atoms with Crippen LogP contribution in [0.3, 0.4) is 0 Å². The molecule has 0 saturated carbocycles. The highest BCUT2D eigenvalue weighted by atomic mass is 16.5. The van der Waals surface area contributed by atoms with Crippen molar-refractivity contribution >= 4 is 11.8 Å². The Morgan fingerprint density at radius 1 is 0.868 bits per heavy atom. The van der Waals surface area contributed by atoms with Crippen LogP contribution in [0, 0.1) is 6.92 Å². The lowest BCUT2D eigenvalue weighted by molar-refractivity contribution is -0.141. The van der Waals surface area contributed by atoms with E-state index in [0.717, 1.165) is 28.7 Å². The number of carbonyl (C=O) groups excluding carboxylic acids is 2. The van der Waals surface area contributed by atoms with Crippen molar-refractivity contribution in [2.45, 2.75) is 65.1 Å². The Labute approximate surface area is 227 Å². The van der Waals surface area contributed by atoms with Gasteiger partial charge in [0.2, 0.25) is 11.8 Å². The van der Waals surface area contributed by atoms with Gasteiger partial charge in [-0.05, 0) is 55.5 Å². The number of rotatable bonds is 13. The number of nitrogens with one attached hydrogen (secondary N) is 1. The van der Waals surface area contributed by atoms with Gasteiger partial charge in [-0.2, -0.15) is 0 Å². The molecular weight excluding hydrogens is 476 g/mol. The first-order valence-corrected chi connectivity index (χ1v) is 13.2. The van der Waals surface area contributed by atoms with Gasteiger partial charge in [-0.25, -0.2) is 0 Å². The second kappa shape index (κ2) is 14.2. The van der Waals surface area contributed by atoms with E-state index in [1.807, 2.05) is 87.5 Å². The molecule has 6 nitrogen and oxygen atoms in total. The molecule has 3 aromatic carbocycles. The van der Waals surface area contributed by atoms with Crippen LogP contribution in [-0.4, -0.2) is 43.0 Å². The van der Waals surface area contributed by atoms with E-state index in [2.05, 4.69) is 11.4 Å². The molecule has 0 spiro atoms. The molecule has 0 aromatic heterocycles. The van der Waals surface area contributed by atoms with E-state index in [4.69, 9.17) is 9.47 Å². The van der Waals surface area contributed by atoms with E-state index < -0.39 is 6.04 Å². The van der Waals surface area contributed by atoms with E-state index in [0.29, 0.717) is 30.9 Å². The monoisotopic (exact) mass is 516 g/mol. The fourth-order valence-electron chi connectivity index (χ4n) is 4.43. The molecule has 3 rings (SSSR count). The molecular formula is C32H40N2O4. The van der Waals surface area contributed by atoms with Crippen LogP contribution in [0.4, 0.5) is 0 Å². The molecule has 1 N–H and O–H groups in total. The lowest BCUT2D eigenvalue weighted by Crippen LogP contribution is -2.52. The number of amides is 2. The van der Waals surface area contributed by atoms with Crippen LogP contribution in [0.5, 0.6) is 11.5 Å². The minimum Gasteiger partial charge on any atom is -0.493 e. The highest BCUT2D eigenvalue weighted by Crippen LogP contribution is 2.28. The van der Waals surface area contributed by atoms with Gasteiger partial charge in [0.1, 0.15) is 6.04 Å². The van der Waals surface area contributed by atoms with Crippen molar-refractivity contribution in [2.24, 2.45) is 0 Å². The standard InChI is InChI=1S/C32H40N2O4/c1-6-24(3)33-32(36)28(20-25-12-8-7-9-13-25)34(22-27-14-10-11-23(2)19-27)31(35)18-16-26-15-17-29(37-4)30(21-26)38-5/h7-15,17,19,21,24,28H,6,16,18,20,22H2,1-5H3,(H,33,36)/t24-,28+/m0/s1. The van der Waals surface area contributed by atoms with Crippen LogP contribution in [0.2, 0.25) is 0 Å². The Balaban J connectivity index is 1.91. The van der Waals surface area contributed by atoms with Gasteiger partial charge < -0.3 is 19.7 Å². The highest BCUT2D eigenvalue weighted by Gasteiger charge is 2.30. The zero-order chi connectivity index (χ0) is 27.5. The highest BCUT2D eigenvalue weighted by molar-refractivity contribution is 5.88. The second-order valence-corrected chi connectivity index (χ2v) is 9.72. The summed E-state index contributed by atoms with van der Waals surface area (Å²) in [6.07, 6.45) is 2.05. The van der Waals surface area contributed by atoms with Crippen LogP contribution in [0.1, 0.15) is 48.9 Å². The minimum atomic E-state index is -0.634. The molecule has 0 aliphatic rings. The SMILES string of the molecule is CC[C@H](C)NC(=O)[C@@H](Cc1ccccc1)N(Cc1cccc(C)c1)C(=O)CCc1ccc(OC)c(OC)c1. The van der Waals surface area contributed by atoms with Gasteiger partial charge in [-0.1, -0.05) is 73.2 Å². The van der Waals surface area contributed by atoms with Crippen molar-refractivity contribution in [3.63, 3.8) is 0 Å². The zero-order valence-electron chi connectivity index (χ0n) is 23.2. The van der Waals surface area contributed by atoms with Crippen LogP contribution < -0.4 is 14.8 Å². The van der Waals surface area contributed by atoms with Gasteiger partial charge in [0, 0.05) is 25.4 Å². The smallest absolute Gasteiger partial charge is 0.243 e. The summed E-state index contributed by atoms with van der Waals surface area (Å²) in [6, 6.07) is 23.0. The lowest BCUT2D eigenvalue weighted by Gasteiger charge is -2.32. The molecule has 6 heteroatoms. The number of hydrogen-bond acceptors (Lipinski definition) is 4. The number of nitrogens with zero attached hydrogens (tertiary/aromatic N) is 1. The maximum Gasteiger partial charge on any atom is 0.243 e. The van der Waals surface area contributed by atoms with Gasteiger partial charge in [0.25, 0.3) is 0 Å². The average Bonchev–Trinajstić information content (AvgIpc) is 2.93. The normalized spacial score (nSPS) is 12.3. The summed E-state index contributed by atoms with van der Waals surface area (Å²) in [5, 5.41) is 3.12. The molecule has 2 amide bonds. The summed E-state index contributed by atoms with van der Waals surface area (Å²) in [4.78, 5) is 29.2. The van der Waals surface area contributed by atoms with E-state index in [-0.39, 0.29) is 24.3 Å². The topological polar surface area (TPSA) is 67.9 Å². The first-order chi connectivity index (χ1) is 18.3. The molecule has 0 unspecified atom stereocenters. The lowest BCUT2D eigenvalue weighted by atomic mass is 10.0. The van der Waals surface area contributed by atoms with E-state index in [9.17, 15) is 9.59 Å². The molecule has 2 atom stereocenters. The number of benzene rings is 3. The second-order valence-electron chi connectivity index (χ2n) is 9.72. The Morgan fingerprint density at radius 2 is 1.58 bits per heavy atom. The molecule has 3 aromatic rings. The maximum absolute atomic E-state index is 13.9. The fraction of sp³-hybridized carbons (Fsp3) is 0.375. The molecule has 202 valence electrons. The maximum atomic E-state index is 13.9. The summed E-state index contributed by atoms with van der Waals surface area (Å²) in [7, 11) is 3.20. The third kappa shape index (κ3) is 8.10. The number of methoxy groups -OCH3 is 2. The molecule has 0 aliphatic heterocycles. The minimum absolute atomic E-state index is 0.0171. The Hall–Kier alpha value is -3.80. The first-order valence-electron chi connectivity index (χ1n) is 13.2.